The zero-order valence-electron chi connectivity index (χ0n) is 18.3. The van der Waals surface area contributed by atoms with Crippen LogP contribution in [0.2, 0.25) is 0 Å². The Morgan fingerprint density at radius 3 is 2.41 bits per heavy atom. The molecule has 4 rings (SSSR count). The second kappa shape index (κ2) is 10.4. The zero-order valence-corrected chi connectivity index (χ0v) is 19.2. The lowest BCUT2D eigenvalue weighted by atomic mass is 10.1. The fourth-order valence-electron chi connectivity index (χ4n) is 3.65. The number of hydrogen-bond acceptors (Lipinski definition) is 6. The molecule has 2 aromatic carbocycles. The standard InChI is InChI=1S/C25H27N3O3S/c1-30-22-8-9-23(31-2)21(15-22)17-27-25(29)19-5-3-18(4-6-19)20-7-10-24(26-16-20)28-11-13-32-14-12-28/h3-10,15-16H,11-14,17H2,1-2H3,(H,27,29). The molecule has 0 spiro atoms. The maximum atomic E-state index is 12.6. The Bertz CT molecular complexity index is 1050. The summed E-state index contributed by atoms with van der Waals surface area (Å²) >= 11 is 1.99. The maximum Gasteiger partial charge on any atom is 0.251 e. The second-order valence-corrected chi connectivity index (χ2v) is 8.67. The van der Waals surface area contributed by atoms with Crippen LogP contribution in [0.5, 0.6) is 11.5 Å². The Labute approximate surface area is 193 Å². The Hall–Kier alpha value is -3.19. The van der Waals surface area contributed by atoms with E-state index in [0.29, 0.717) is 17.9 Å². The number of nitrogens with one attached hydrogen (secondary N) is 1. The number of hydrogen-bond donors (Lipinski definition) is 1. The Morgan fingerprint density at radius 1 is 1.00 bits per heavy atom. The largest absolute Gasteiger partial charge is 0.497 e. The molecule has 0 atom stereocenters. The van der Waals surface area contributed by atoms with Gasteiger partial charge in [0.15, 0.2) is 0 Å². The van der Waals surface area contributed by atoms with E-state index in [0.717, 1.165) is 52.9 Å². The number of nitrogens with zero attached hydrogens (tertiary/aromatic N) is 2. The van der Waals surface area contributed by atoms with Crippen molar-refractivity contribution in [2.24, 2.45) is 0 Å². The Kier molecular flexibility index (Phi) is 7.17. The van der Waals surface area contributed by atoms with Crippen molar-refractivity contribution in [1.82, 2.24) is 10.3 Å². The smallest absolute Gasteiger partial charge is 0.251 e. The summed E-state index contributed by atoms with van der Waals surface area (Å²) in [6, 6.07) is 17.3. The molecule has 0 radical (unpaired) electrons. The van der Waals surface area contributed by atoms with Crippen molar-refractivity contribution >= 4 is 23.5 Å². The van der Waals surface area contributed by atoms with Crippen molar-refractivity contribution in [3.63, 3.8) is 0 Å². The molecular weight excluding hydrogens is 422 g/mol. The molecule has 1 aliphatic rings. The molecule has 0 unspecified atom stereocenters. The fraction of sp³-hybridized carbons (Fsp3) is 0.280. The fourth-order valence-corrected chi connectivity index (χ4v) is 4.55. The number of aromatic nitrogens is 1. The normalized spacial score (nSPS) is 13.5. The zero-order chi connectivity index (χ0) is 22.3. The van der Waals surface area contributed by atoms with Gasteiger partial charge in [-0.05, 0) is 48.0 Å². The van der Waals surface area contributed by atoms with Gasteiger partial charge in [-0.2, -0.15) is 11.8 Å². The predicted octanol–water partition coefficient (Wildman–Crippen LogP) is 4.25. The lowest BCUT2D eigenvalue weighted by Gasteiger charge is -2.27. The molecule has 0 saturated carbocycles. The summed E-state index contributed by atoms with van der Waals surface area (Å²) in [5.74, 6) is 4.62. The first-order valence-electron chi connectivity index (χ1n) is 10.6. The number of thioether (sulfide) groups is 1. The molecule has 1 aliphatic heterocycles. The quantitative estimate of drug-likeness (QED) is 0.582. The predicted molar refractivity (Wildman–Crippen MR) is 130 cm³/mol. The number of anilines is 1. The summed E-state index contributed by atoms with van der Waals surface area (Å²) in [6.07, 6.45) is 1.90. The third-order valence-electron chi connectivity index (χ3n) is 5.49. The lowest BCUT2D eigenvalue weighted by Crippen LogP contribution is -2.32. The first-order chi connectivity index (χ1) is 15.7. The number of methoxy groups -OCH3 is 2. The topological polar surface area (TPSA) is 63.7 Å². The summed E-state index contributed by atoms with van der Waals surface area (Å²) in [5.41, 5.74) is 3.53. The van der Waals surface area contributed by atoms with Crippen molar-refractivity contribution in [2.45, 2.75) is 6.54 Å². The van der Waals surface area contributed by atoms with Crippen molar-refractivity contribution in [2.75, 3.05) is 43.7 Å². The van der Waals surface area contributed by atoms with E-state index in [9.17, 15) is 4.79 Å². The van der Waals surface area contributed by atoms with Gasteiger partial charge in [0.05, 0.1) is 14.2 Å². The van der Waals surface area contributed by atoms with E-state index in [2.05, 4.69) is 27.3 Å². The number of benzene rings is 2. The molecule has 1 aromatic heterocycles. The third kappa shape index (κ3) is 5.16. The van der Waals surface area contributed by atoms with Crippen LogP contribution < -0.4 is 19.7 Å². The van der Waals surface area contributed by atoms with Gasteiger partial charge in [0, 0.05) is 54.0 Å². The van der Waals surface area contributed by atoms with Crippen LogP contribution in [0.4, 0.5) is 5.82 Å². The Morgan fingerprint density at radius 2 is 1.75 bits per heavy atom. The van der Waals surface area contributed by atoms with Crippen LogP contribution in [0.3, 0.4) is 0 Å². The van der Waals surface area contributed by atoms with Crippen LogP contribution in [0.1, 0.15) is 15.9 Å². The lowest BCUT2D eigenvalue weighted by molar-refractivity contribution is 0.0950. The van der Waals surface area contributed by atoms with Crippen molar-refractivity contribution in [3.05, 3.63) is 71.9 Å². The SMILES string of the molecule is COc1ccc(OC)c(CNC(=O)c2ccc(-c3ccc(N4CCSCC4)nc3)cc2)c1. The van der Waals surface area contributed by atoms with Gasteiger partial charge in [0.25, 0.3) is 5.91 Å². The van der Waals surface area contributed by atoms with Gasteiger partial charge in [-0.25, -0.2) is 4.98 Å². The molecule has 3 aromatic rings. The highest BCUT2D eigenvalue weighted by Crippen LogP contribution is 2.25. The van der Waals surface area contributed by atoms with Gasteiger partial charge in [-0.1, -0.05) is 12.1 Å². The highest BCUT2D eigenvalue weighted by molar-refractivity contribution is 7.99. The number of pyridine rings is 1. The second-order valence-electron chi connectivity index (χ2n) is 7.44. The molecule has 7 heteroatoms. The van der Waals surface area contributed by atoms with Gasteiger partial charge >= 0.3 is 0 Å². The number of ether oxygens (including phenoxy) is 2. The van der Waals surface area contributed by atoms with Crippen LogP contribution in [-0.4, -0.2) is 49.7 Å². The van der Waals surface area contributed by atoms with Crippen LogP contribution in [-0.2, 0) is 6.54 Å². The van der Waals surface area contributed by atoms with Crippen LogP contribution in [0.25, 0.3) is 11.1 Å². The first-order valence-corrected chi connectivity index (χ1v) is 11.7. The minimum atomic E-state index is -0.141. The number of amides is 1. The average Bonchev–Trinajstić information content (AvgIpc) is 2.87. The summed E-state index contributed by atoms with van der Waals surface area (Å²) < 4.78 is 10.6. The van der Waals surface area contributed by atoms with Crippen LogP contribution >= 0.6 is 11.8 Å². The van der Waals surface area contributed by atoms with Gasteiger partial charge in [0.2, 0.25) is 0 Å². The number of carbonyl (C=O) groups is 1. The first kappa shape index (κ1) is 22.0. The molecule has 2 heterocycles. The van der Waals surface area contributed by atoms with Crippen LogP contribution in [0, 0.1) is 0 Å². The minimum Gasteiger partial charge on any atom is -0.497 e. The molecule has 1 amide bonds. The highest BCUT2D eigenvalue weighted by atomic mass is 32.2. The number of carbonyl (C=O) groups excluding carboxylic acids is 1. The summed E-state index contributed by atoms with van der Waals surface area (Å²) in [7, 11) is 3.22. The highest BCUT2D eigenvalue weighted by Gasteiger charge is 2.13. The molecule has 32 heavy (non-hydrogen) atoms. The Balaban J connectivity index is 1.39. The number of rotatable bonds is 7. The van der Waals surface area contributed by atoms with Gasteiger partial charge in [0.1, 0.15) is 17.3 Å². The molecule has 1 saturated heterocycles. The van der Waals surface area contributed by atoms with Gasteiger partial charge < -0.3 is 19.7 Å². The molecule has 0 bridgehead atoms. The van der Waals surface area contributed by atoms with E-state index in [1.54, 1.807) is 14.2 Å². The molecule has 1 N–H and O–H groups in total. The summed E-state index contributed by atoms with van der Waals surface area (Å²) in [5, 5.41) is 2.95. The summed E-state index contributed by atoms with van der Waals surface area (Å²) in [4.78, 5) is 19.6. The molecule has 6 nitrogen and oxygen atoms in total. The minimum absolute atomic E-state index is 0.141. The van der Waals surface area contributed by atoms with E-state index >= 15 is 0 Å². The van der Waals surface area contributed by atoms with Crippen molar-refractivity contribution in [3.8, 4) is 22.6 Å². The molecule has 1 fully saturated rings. The van der Waals surface area contributed by atoms with Crippen molar-refractivity contribution < 1.29 is 14.3 Å². The van der Waals surface area contributed by atoms with Crippen molar-refractivity contribution in [1.29, 1.82) is 0 Å². The molecule has 166 valence electrons. The maximum absolute atomic E-state index is 12.6. The van der Waals surface area contributed by atoms with E-state index < -0.39 is 0 Å². The summed E-state index contributed by atoms with van der Waals surface area (Å²) in [6.45, 7) is 2.44. The van der Waals surface area contributed by atoms with Crippen LogP contribution in [0.15, 0.2) is 60.8 Å². The average molecular weight is 450 g/mol. The van der Waals surface area contributed by atoms with E-state index in [-0.39, 0.29) is 5.91 Å². The third-order valence-corrected chi connectivity index (χ3v) is 6.43. The van der Waals surface area contributed by atoms with Gasteiger partial charge in [-0.3, -0.25) is 4.79 Å². The monoisotopic (exact) mass is 449 g/mol. The van der Waals surface area contributed by atoms with E-state index in [4.69, 9.17) is 9.47 Å². The van der Waals surface area contributed by atoms with Gasteiger partial charge in [-0.15, -0.1) is 0 Å². The van der Waals surface area contributed by atoms with E-state index in [1.165, 1.54) is 0 Å². The molecule has 0 aliphatic carbocycles. The molecular formula is C25H27N3O3S. The van der Waals surface area contributed by atoms with E-state index in [1.807, 2.05) is 60.4 Å².